The van der Waals surface area contributed by atoms with Crippen molar-refractivity contribution in [2.45, 2.75) is 38.3 Å². The molecule has 1 aliphatic heterocycles. The van der Waals surface area contributed by atoms with Crippen molar-refractivity contribution >= 4 is 0 Å². The Kier molecular flexibility index (Phi) is 4.10. The number of nitrogens with zero attached hydrogens (tertiary/aromatic N) is 3. The van der Waals surface area contributed by atoms with E-state index in [-0.39, 0.29) is 0 Å². The molecule has 2 aromatic rings. The van der Waals surface area contributed by atoms with E-state index in [1.165, 1.54) is 24.1 Å². The third kappa shape index (κ3) is 2.96. The Hall–Kier alpha value is -2.14. The Morgan fingerprint density at radius 1 is 1.17 bits per heavy atom. The van der Waals surface area contributed by atoms with E-state index in [2.05, 4.69) is 9.88 Å². The summed E-state index contributed by atoms with van der Waals surface area (Å²) in [5, 5.41) is 0. The van der Waals surface area contributed by atoms with E-state index < -0.39 is 0 Å². The molecule has 1 fully saturated rings. The molecule has 1 aromatic heterocycles. The first-order chi connectivity index (χ1) is 11.8. The molecule has 1 aliphatic carbocycles. The highest BCUT2D eigenvalue weighted by molar-refractivity contribution is 5.44. The highest BCUT2D eigenvalue weighted by Gasteiger charge is 2.28. The molecule has 0 unspecified atom stereocenters. The van der Waals surface area contributed by atoms with Crippen molar-refractivity contribution in [2.75, 3.05) is 20.8 Å². The third-order valence-electron chi connectivity index (χ3n) is 4.89. The van der Waals surface area contributed by atoms with E-state index in [1.807, 2.05) is 24.4 Å². The van der Waals surface area contributed by atoms with Crippen LogP contribution in [0.5, 0.6) is 11.5 Å². The minimum atomic E-state index is 0.617. The van der Waals surface area contributed by atoms with Crippen LogP contribution in [-0.4, -0.2) is 35.6 Å². The van der Waals surface area contributed by atoms with Crippen LogP contribution in [0.2, 0.25) is 0 Å². The first-order valence-electron chi connectivity index (χ1n) is 8.55. The quantitative estimate of drug-likeness (QED) is 0.846. The summed E-state index contributed by atoms with van der Waals surface area (Å²) in [5.41, 5.74) is 3.58. The van der Waals surface area contributed by atoms with E-state index in [9.17, 15) is 0 Å². The second-order valence-electron chi connectivity index (χ2n) is 6.58. The van der Waals surface area contributed by atoms with Gasteiger partial charge in [0.1, 0.15) is 17.3 Å². The normalized spacial score (nSPS) is 17.4. The summed E-state index contributed by atoms with van der Waals surface area (Å²) in [7, 11) is 3.41. The van der Waals surface area contributed by atoms with Gasteiger partial charge in [-0.05, 0) is 25.0 Å². The molecule has 0 bridgehead atoms. The van der Waals surface area contributed by atoms with Gasteiger partial charge in [0.25, 0.3) is 0 Å². The molecule has 0 atom stereocenters. The van der Waals surface area contributed by atoms with Crippen molar-refractivity contribution in [1.29, 1.82) is 0 Å². The first kappa shape index (κ1) is 15.4. The number of hydrogen-bond donors (Lipinski definition) is 0. The predicted molar refractivity (Wildman–Crippen MR) is 91.4 cm³/mol. The maximum absolute atomic E-state index is 5.52. The highest BCUT2D eigenvalue weighted by atomic mass is 16.5. The Morgan fingerprint density at radius 3 is 2.58 bits per heavy atom. The van der Waals surface area contributed by atoms with Crippen LogP contribution in [0.1, 0.15) is 41.4 Å². The molecule has 2 heterocycles. The Morgan fingerprint density at radius 2 is 1.92 bits per heavy atom. The Balaban J connectivity index is 1.53. The van der Waals surface area contributed by atoms with Crippen molar-refractivity contribution in [3.63, 3.8) is 0 Å². The van der Waals surface area contributed by atoms with Crippen LogP contribution in [-0.2, 0) is 19.5 Å². The molecule has 0 amide bonds. The molecule has 4 rings (SSSR count). The highest BCUT2D eigenvalue weighted by Crippen LogP contribution is 2.38. The number of methoxy groups -OCH3 is 2. The van der Waals surface area contributed by atoms with Crippen molar-refractivity contribution < 1.29 is 9.47 Å². The third-order valence-corrected chi connectivity index (χ3v) is 4.89. The van der Waals surface area contributed by atoms with Crippen LogP contribution < -0.4 is 9.47 Å². The number of benzene rings is 1. The zero-order chi connectivity index (χ0) is 16.5. The largest absolute Gasteiger partial charge is 0.496 e. The smallest absolute Gasteiger partial charge is 0.131 e. The first-order valence-corrected chi connectivity index (χ1v) is 8.55. The number of rotatable bonds is 5. The summed E-state index contributed by atoms with van der Waals surface area (Å²) in [5.74, 6) is 3.42. The zero-order valence-corrected chi connectivity index (χ0v) is 14.3. The lowest BCUT2D eigenvalue weighted by molar-refractivity contribution is 0.234. The molecule has 5 heteroatoms. The fraction of sp³-hybridized carbons (Fsp3) is 0.474. The Labute approximate surface area is 142 Å². The molecule has 0 spiro atoms. The number of fused-ring (bicyclic) bond motifs is 1. The molecule has 126 valence electrons. The lowest BCUT2D eigenvalue weighted by Gasteiger charge is -2.29. The van der Waals surface area contributed by atoms with Gasteiger partial charge in [-0.3, -0.25) is 4.90 Å². The van der Waals surface area contributed by atoms with E-state index in [1.54, 1.807) is 14.2 Å². The minimum Gasteiger partial charge on any atom is -0.496 e. The summed E-state index contributed by atoms with van der Waals surface area (Å²) >= 11 is 0. The summed E-state index contributed by atoms with van der Waals surface area (Å²) in [4.78, 5) is 11.8. The zero-order valence-electron chi connectivity index (χ0n) is 14.3. The molecule has 5 nitrogen and oxygen atoms in total. The van der Waals surface area contributed by atoms with Crippen LogP contribution >= 0.6 is 0 Å². The molecule has 24 heavy (non-hydrogen) atoms. The second kappa shape index (κ2) is 6.40. The molecular formula is C19H23N3O2. The van der Waals surface area contributed by atoms with E-state index >= 15 is 0 Å². The fourth-order valence-corrected chi connectivity index (χ4v) is 3.37. The molecule has 2 aliphatic rings. The molecule has 1 aromatic carbocycles. The summed E-state index contributed by atoms with van der Waals surface area (Å²) in [6, 6.07) is 5.93. The standard InChI is InChI=1S/C19H23N3O2/c1-23-17-4-3-5-18(24-2)15(17)12-22-9-8-16-14(11-22)10-20-19(21-16)13-6-7-13/h3-5,10,13H,6-9,11-12H2,1-2H3. The summed E-state index contributed by atoms with van der Waals surface area (Å²) in [6.07, 6.45) is 5.51. The summed E-state index contributed by atoms with van der Waals surface area (Å²) < 4.78 is 11.0. The number of hydrogen-bond acceptors (Lipinski definition) is 5. The van der Waals surface area contributed by atoms with E-state index in [4.69, 9.17) is 14.5 Å². The monoisotopic (exact) mass is 325 g/mol. The van der Waals surface area contributed by atoms with Gasteiger partial charge in [0.15, 0.2) is 0 Å². The van der Waals surface area contributed by atoms with Gasteiger partial charge in [-0.15, -0.1) is 0 Å². The van der Waals surface area contributed by atoms with Crippen LogP contribution in [0, 0.1) is 0 Å². The van der Waals surface area contributed by atoms with E-state index in [0.717, 1.165) is 48.9 Å². The average molecular weight is 325 g/mol. The number of ether oxygens (including phenoxy) is 2. The van der Waals surface area contributed by atoms with Crippen LogP contribution in [0.15, 0.2) is 24.4 Å². The van der Waals surface area contributed by atoms with Gasteiger partial charge in [0, 0.05) is 49.4 Å². The minimum absolute atomic E-state index is 0.617. The van der Waals surface area contributed by atoms with Crippen molar-refractivity contribution in [2.24, 2.45) is 0 Å². The van der Waals surface area contributed by atoms with Gasteiger partial charge in [0.2, 0.25) is 0 Å². The number of aromatic nitrogens is 2. The molecular weight excluding hydrogens is 302 g/mol. The van der Waals surface area contributed by atoms with Gasteiger partial charge < -0.3 is 9.47 Å². The van der Waals surface area contributed by atoms with Crippen molar-refractivity contribution in [3.8, 4) is 11.5 Å². The topological polar surface area (TPSA) is 47.5 Å². The second-order valence-corrected chi connectivity index (χ2v) is 6.58. The molecule has 0 N–H and O–H groups in total. The summed E-state index contributed by atoms with van der Waals surface area (Å²) in [6.45, 7) is 2.67. The van der Waals surface area contributed by atoms with Gasteiger partial charge in [-0.1, -0.05) is 6.07 Å². The van der Waals surface area contributed by atoms with Gasteiger partial charge in [-0.2, -0.15) is 0 Å². The average Bonchev–Trinajstić information content (AvgIpc) is 3.46. The maximum atomic E-state index is 5.52. The van der Waals surface area contributed by atoms with Crippen molar-refractivity contribution in [1.82, 2.24) is 14.9 Å². The van der Waals surface area contributed by atoms with Crippen LogP contribution in [0.25, 0.3) is 0 Å². The molecule has 0 saturated heterocycles. The van der Waals surface area contributed by atoms with Gasteiger partial charge >= 0.3 is 0 Å². The van der Waals surface area contributed by atoms with Gasteiger partial charge in [-0.25, -0.2) is 9.97 Å². The lowest BCUT2D eigenvalue weighted by atomic mass is 10.1. The molecule has 0 radical (unpaired) electrons. The van der Waals surface area contributed by atoms with Crippen molar-refractivity contribution in [3.05, 3.63) is 47.0 Å². The van der Waals surface area contributed by atoms with Crippen LogP contribution in [0.4, 0.5) is 0 Å². The lowest BCUT2D eigenvalue weighted by Crippen LogP contribution is -2.31. The van der Waals surface area contributed by atoms with Gasteiger partial charge in [0.05, 0.1) is 19.8 Å². The SMILES string of the molecule is COc1cccc(OC)c1CN1CCc2nc(C3CC3)ncc2C1. The molecule has 1 saturated carbocycles. The van der Waals surface area contributed by atoms with Crippen LogP contribution in [0.3, 0.4) is 0 Å². The fourth-order valence-electron chi connectivity index (χ4n) is 3.37. The maximum Gasteiger partial charge on any atom is 0.131 e. The Bertz CT molecular complexity index is 721. The van der Waals surface area contributed by atoms with E-state index in [0.29, 0.717) is 5.92 Å². The predicted octanol–water partition coefficient (Wildman–Crippen LogP) is 2.93.